The lowest BCUT2D eigenvalue weighted by Crippen LogP contribution is -2.52. The fourth-order valence-corrected chi connectivity index (χ4v) is 3.76. The number of piperazine rings is 1. The second kappa shape index (κ2) is 8.03. The molecule has 4 heteroatoms. The minimum absolute atomic E-state index is 0.0646. The molecule has 0 aliphatic carbocycles. The van der Waals surface area contributed by atoms with E-state index in [1.165, 1.54) is 16.8 Å². The first-order chi connectivity index (χ1) is 12.8. The second-order valence-electron chi connectivity index (χ2n) is 7.61. The molecule has 1 fully saturated rings. The number of hydrogen-bond acceptors (Lipinski definition) is 3. The molecule has 1 amide bonds. The summed E-state index contributed by atoms with van der Waals surface area (Å²) >= 11 is 0. The van der Waals surface area contributed by atoms with Crippen LogP contribution in [-0.4, -0.2) is 43.1 Å². The van der Waals surface area contributed by atoms with Crippen molar-refractivity contribution in [1.29, 1.82) is 0 Å². The van der Waals surface area contributed by atoms with Gasteiger partial charge < -0.3 is 14.5 Å². The van der Waals surface area contributed by atoms with Gasteiger partial charge in [-0.1, -0.05) is 18.2 Å². The summed E-state index contributed by atoms with van der Waals surface area (Å²) in [6.07, 6.45) is -0.474. The van der Waals surface area contributed by atoms with Gasteiger partial charge >= 0.3 is 0 Å². The van der Waals surface area contributed by atoms with Gasteiger partial charge in [0.2, 0.25) is 0 Å². The maximum atomic E-state index is 12.8. The summed E-state index contributed by atoms with van der Waals surface area (Å²) in [7, 11) is 0. The van der Waals surface area contributed by atoms with Crippen LogP contribution in [0.3, 0.4) is 0 Å². The van der Waals surface area contributed by atoms with E-state index in [1.54, 1.807) is 0 Å². The van der Waals surface area contributed by atoms with Gasteiger partial charge in [-0.3, -0.25) is 4.79 Å². The normalized spacial score (nSPS) is 15.6. The van der Waals surface area contributed by atoms with Gasteiger partial charge in [-0.15, -0.1) is 0 Å². The summed E-state index contributed by atoms with van der Waals surface area (Å²) in [5.74, 6) is 0.831. The average molecular weight is 367 g/mol. The lowest BCUT2D eigenvalue weighted by atomic mass is 10.1. The first-order valence-electron chi connectivity index (χ1n) is 9.70. The van der Waals surface area contributed by atoms with Crippen molar-refractivity contribution < 1.29 is 9.53 Å². The van der Waals surface area contributed by atoms with Gasteiger partial charge in [0, 0.05) is 31.9 Å². The van der Waals surface area contributed by atoms with Gasteiger partial charge in [-0.25, -0.2) is 0 Å². The number of carbonyl (C=O) groups is 1. The molecule has 1 atom stereocenters. The van der Waals surface area contributed by atoms with E-state index in [-0.39, 0.29) is 5.91 Å². The van der Waals surface area contributed by atoms with Crippen molar-refractivity contribution >= 4 is 11.6 Å². The molecule has 0 bridgehead atoms. The van der Waals surface area contributed by atoms with Crippen LogP contribution in [0.2, 0.25) is 0 Å². The predicted molar refractivity (Wildman–Crippen MR) is 111 cm³/mol. The van der Waals surface area contributed by atoms with Gasteiger partial charge in [0.05, 0.1) is 0 Å². The van der Waals surface area contributed by atoms with Gasteiger partial charge in [0.25, 0.3) is 5.91 Å². The third kappa shape index (κ3) is 4.44. The Balaban J connectivity index is 1.60. The van der Waals surface area contributed by atoms with E-state index in [9.17, 15) is 4.79 Å². The summed E-state index contributed by atoms with van der Waals surface area (Å²) in [5, 5.41) is 0. The zero-order chi connectivity index (χ0) is 19.6. The highest BCUT2D eigenvalue weighted by Gasteiger charge is 2.26. The smallest absolute Gasteiger partial charge is 0.263 e. The van der Waals surface area contributed by atoms with E-state index < -0.39 is 6.10 Å². The molecule has 144 valence electrons. The summed E-state index contributed by atoms with van der Waals surface area (Å²) in [6, 6.07) is 12.5. The molecule has 0 aromatic heterocycles. The van der Waals surface area contributed by atoms with Crippen LogP contribution in [0.15, 0.2) is 36.4 Å². The number of ether oxygens (including phenoxy) is 1. The van der Waals surface area contributed by atoms with E-state index in [2.05, 4.69) is 43.0 Å². The van der Waals surface area contributed by atoms with Crippen molar-refractivity contribution in [2.75, 3.05) is 31.1 Å². The maximum absolute atomic E-state index is 12.8. The van der Waals surface area contributed by atoms with E-state index in [0.29, 0.717) is 0 Å². The highest BCUT2D eigenvalue weighted by Crippen LogP contribution is 2.24. The van der Waals surface area contributed by atoms with Crippen molar-refractivity contribution in [3.05, 3.63) is 58.7 Å². The lowest BCUT2D eigenvalue weighted by Gasteiger charge is -2.38. The standard InChI is InChI=1S/C23H30N2O2/c1-16-13-17(2)15-21(14-16)27-20(5)23(26)25-11-9-24(10-12-25)22-8-6-7-18(3)19(22)4/h6-8,13-15,20H,9-12H2,1-5H3/t20-/m1/s1. The molecule has 4 nitrogen and oxygen atoms in total. The van der Waals surface area contributed by atoms with Gasteiger partial charge in [0.15, 0.2) is 6.10 Å². The molecule has 1 saturated heterocycles. The van der Waals surface area contributed by atoms with Crippen LogP contribution in [0.4, 0.5) is 5.69 Å². The van der Waals surface area contributed by atoms with Crippen LogP contribution in [0.5, 0.6) is 5.75 Å². The SMILES string of the molecule is Cc1cc(C)cc(O[C@H](C)C(=O)N2CCN(c3cccc(C)c3C)CC2)c1. The maximum Gasteiger partial charge on any atom is 0.263 e. The van der Waals surface area contributed by atoms with Crippen LogP contribution >= 0.6 is 0 Å². The molecule has 27 heavy (non-hydrogen) atoms. The topological polar surface area (TPSA) is 32.8 Å². The highest BCUT2D eigenvalue weighted by atomic mass is 16.5. The molecule has 1 aliphatic rings. The number of anilines is 1. The fraction of sp³-hybridized carbons (Fsp3) is 0.435. The first kappa shape index (κ1) is 19.3. The molecular weight excluding hydrogens is 336 g/mol. The monoisotopic (exact) mass is 366 g/mol. The minimum atomic E-state index is -0.474. The number of amides is 1. The van der Waals surface area contributed by atoms with Crippen LogP contribution < -0.4 is 9.64 Å². The number of carbonyl (C=O) groups excluding carboxylic acids is 1. The Morgan fingerprint density at radius 3 is 2.22 bits per heavy atom. The van der Waals surface area contributed by atoms with Crippen molar-refractivity contribution in [1.82, 2.24) is 4.90 Å². The number of hydrogen-bond donors (Lipinski definition) is 0. The molecule has 0 N–H and O–H groups in total. The molecular formula is C23H30N2O2. The van der Waals surface area contributed by atoms with Crippen molar-refractivity contribution in [2.45, 2.75) is 40.7 Å². The van der Waals surface area contributed by atoms with Crippen LogP contribution in [0, 0.1) is 27.7 Å². The summed E-state index contributed by atoms with van der Waals surface area (Å²) in [6.45, 7) is 13.4. The van der Waals surface area contributed by atoms with Crippen LogP contribution in [-0.2, 0) is 4.79 Å². The lowest BCUT2D eigenvalue weighted by molar-refractivity contribution is -0.138. The van der Waals surface area contributed by atoms with Gasteiger partial charge in [0.1, 0.15) is 5.75 Å². The quantitative estimate of drug-likeness (QED) is 0.819. The average Bonchev–Trinajstić information content (AvgIpc) is 2.62. The first-order valence-corrected chi connectivity index (χ1v) is 9.70. The summed E-state index contributed by atoms with van der Waals surface area (Å²) in [5.41, 5.74) is 6.20. The third-order valence-electron chi connectivity index (χ3n) is 5.36. The molecule has 0 unspecified atom stereocenters. The second-order valence-corrected chi connectivity index (χ2v) is 7.61. The Morgan fingerprint density at radius 2 is 1.59 bits per heavy atom. The number of nitrogens with zero attached hydrogens (tertiary/aromatic N) is 2. The summed E-state index contributed by atoms with van der Waals surface area (Å²) < 4.78 is 5.93. The number of benzene rings is 2. The van der Waals surface area contributed by atoms with Crippen molar-refractivity contribution in [3.63, 3.8) is 0 Å². The molecule has 1 aliphatic heterocycles. The van der Waals surface area contributed by atoms with E-state index in [4.69, 9.17) is 4.74 Å². The highest BCUT2D eigenvalue weighted by molar-refractivity contribution is 5.81. The Kier molecular flexibility index (Phi) is 5.73. The molecule has 2 aromatic rings. The molecule has 0 saturated carbocycles. The molecule has 1 heterocycles. The van der Waals surface area contributed by atoms with Gasteiger partial charge in [-0.05, 0) is 75.1 Å². The van der Waals surface area contributed by atoms with E-state index in [1.807, 2.05) is 37.8 Å². The Bertz CT molecular complexity index is 803. The van der Waals surface area contributed by atoms with Crippen molar-refractivity contribution in [3.8, 4) is 5.75 Å². The minimum Gasteiger partial charge on any atom is -0.481 e. The largest absolute Gasteiger partial charge is 0.481 e. The Morgan fingerprint density at radius 1 is 0.963 bits per heavy atom. The fourth-order valence-electron chi connectivity index (χ4n) is 3.76. The summed E-state index contributed by atoms with van der Waals surface area (Å²) in [4.78, 5) is 17.1. The number of rotatable bonds is 4. The van der Waals surface area contributed by atoms with Crippen LogP contribution in [0.25, 0.3) is 0 Å². The molecule has 0 spiro atoms. The van der Waals surface area contributed by atoms with Gasteiger partial charge in [-0.2, -0.15) is 0 Å². The Labute approximate surface area is 162 Å². The van der Waals surface area contributed by atoms with E-state index in [0.717, 1.165) is 43.1 Å². The number of aryl methyl sites for hydroxylation is 3. The zero-order valence-electron chi connectivity index (χ0n) is 17.1. The Hall–Kier alpha value is -2.49. The molecule has 3 rings (SSSR count). The predicted octanol–water partition coefficient (Wildman–Crippen LogP) is 4.04. The van der Waals surface area contributed by atoms with Crippen molar-refractivity contribution in [2.24, 2.45) is 0 Å². The van der Waals surface area contributed by atoms with Crippen LogP contribution in [0.1, 0.15) is 29.2 Å². The molecule has 2 aromatic carbocycles. The molecule has 0 radical (unpaired) electrons. The van der Waals surface area contributed by atoms with E-state index >= 15 is 0 Å². The zero-order valence-corrected chi connectivity index (χ0v) is 17.1. The third-order valence-corrected chi connectivity index (χ3v) is 5.36.